The summed E-state index contributed by atoms with van der Waals surface area (Å²) in [6.45, 7) is 14.5. The fourth-order valence-electron chi connectivity index (χ4n) is 3.97. The van der Waals surface area contributed by atoms with E-state index in [2.05, 4.69) is 35.4 Å². The van der Waals surface area contributed by atoms with Crippen LogP contribution in [0.2, 0.25) is 0 Å². The Morgan fingerprint density at radius 3 is 2.04 bits per heavy atom. The van der Waals surface area contributed by atoms with Gasteiger partial charge in [-0.2, -0.15) is 4.74 Å². The molecule has 0 aromatic heterocycles. The van der Waals surface area contributed by atoms with Gasteiger partial charge in [-0.15, -0.1) is 0 Å². The lowest BCUT2D eigenvalue weighted by atomic mass is 10.2. The van der Waals surface area contributed by atoms with Crippen LogP contribution in [0.5, 0.6) is 0 Å². The SMILES string of the molecule is Cc1cccc(NC(=O)N=P(N2CCOCC2)(N2CCOCC2)C(C)(C)C)c1. The maximum absolute atomic E-state index is 13.1. The van der Waals surface area contributed by atoms with Gasteiger partial charge in [0, 0.05) is 37.0 Å². The minimum absolute atomic E-state index is 0.175. The monoisotopic (exact) mass is 408 g/mol. The highest BCUT2D eigenvalue weighted by atomic mass is 31.2. The Hall–Kier alpha value is -1.24. The smallest absolute Gasteiger partial charge is 0.346 e. The normalized spacial score (nSPS) is 20.0. The molecule has 1 N–H and O–H groups in total. The topological polar surface area (TPSA) is 66.4 Å². The van der Waals surface area contributed by atoms with E-state index >= 15 is 0 Å². The zero-order valence-electron chi connectivity index (χ0n) is 17.5. The van der Waals surface area contributed by atoms with E-state index in [4.69, 9.17) is 14.2 Å². The first-order valence-electron chi connectivity index (χ1n) is 9.99. The third-order valence-electron chi connectivity index (χ3n) is 5.16. The molecule has 0 bridgehead atoms. The molecule has 0 saturated carbocycles. The number of morpholine rings is 2. The van der Waals surface area contributed by atoms with E-state index < -0.39 is 7.36 Å². The van der Waals surface area contributed by atoms with Gasteiger partial charge in [0.25, 0.3) is 0 Å². The van der Waals surface area contributed by atoms with Gasteiger partial charge in [0.2, 0.25) is 0 Å². The lowest BCUT2D eigenvalue weighted by Crippen LogP contribution is -2.48. The Kier molecular flexibility index (Phi) is 6.94. The maximum Gasteiger partial charge on any atom is 0.346 e. The zero-order valence-corrected chi connectivity index (χ0v) is 18.4. The van der Waals surface area contributed by atoms with E-state index in [1.54, 1.807) is 0 Å². The van der Waals surface area contributed by atoms with E-state index in [9.17, 15) is 4.79 Å². The van der Waals surface area contributed by atoms with Crippen LogP contribution in [0.25, 0.3) is 0 Å². The third-order valence-corrected chi connectivity index (χ3v) is 9.80. The van der Waals surface area contributed by atoms with Crippen molar-refractivity contribution >= 4 is 19.1 Å². The molecule has 2 fully saturated rings. The molecule has 28 heavy (non-hydrogen) atoms. The molecule has 1 aromatic rings. The van der Waals surface area contributed by atoms with Crippen molar-refractivity contribution in [2.45, 2.75) is 32.9 Å². The van der Waals surface area contributed by atoms with Crippen LogP contribution in [0, 0.1) is 6.92 Å². The molecule has 0 unspecified atom stereocenters. The van der Waals surface area contributed by atoms with Crippen LogP contribution in [0.4, 0.5) is 10.5 Å². The number of hydrogen-bond donors (Lipinski definition) is 1. The molecular weight excluding hydrogens is 375 g/mol. The molecular formula is C20H33N4O3P. The van der Waals surface area contributed by atoms with Crippen LogP contribution in [-0.4, -0.2) is 73.1 Å². The average molecular weight is 408 g/mol. The molecule has 3 rings (SSSR count). The Morgan fingerprint density at radius 2 is 1.57 bits per heavy atom. The number of amides is 2. The molecule has 2 amide bonds. The minimum Gasteiger partial charge on any atom is -0.379 e. The molecule has 1 aromatic carbocycles. The van der Waals surface area contributed by atoms with E-state index in [1.165, 1.54) is 0 Å². The Bertz CT molecular complexity index is 713. The molecule has 0 aliphatic carbocycles. The van der Waals surface area contributed by atoms with Gasteiger partial charge in [-0.25, -0.2) is 4.79 Å². The molecule has 0 spiro atoms. The highest BCUT2D eigenvalue weighted by molar-refractivity contribution is 7.63. The van der Waals surface area contributed by atoms with Crippen LogP contribution >= 0.6 is 7.36 Å². The minimum atomic E-state index is -2.32. The summed E-state index contributed by atoms with van der Waals surface area (Å²) in [4.78, 5) is 13.1. The van der Waals surface area contributed by atoms with Crippen molar-refractivity contribution in [3.8, 4) is 0 Å². The number of urea groups is 1. The predicted octanol–water partition coefficient (Wildman–Crippen LogP) is 4.02. The summed E-state index contributed by atoms with van der Waals surface area (Å²) in [6.07, 6.45) is 0. The molecule has 2 heterocycles. The Labute approximate surface area is 168 Å². The number of nitrogens with zero attached hydrogens (tertiary/aromatic N) is 3. The van der Waals surface area contributed by atoms with E-state index in [0.717, 1.165) is 37.4 Å². The Balaban J connectivity index is 2.02. The van der Waals surface area contributed by atoms with E-state index in [0.29, 0.717) is 26.4 Å². The highest BCUT2D eigenvalue weighted by Gasteiger charge is 2.46. The summed E-state index contributed by atoms with van der Waals surface area (Å²) < 4.78 is 21.0. The van der Waals surface area contributed by atoms with Gasteiger partial charge in [0.1, 0.15) is 7.36 Å². The molecule has 2 aliphatic rings. The van der Waals surface area contributed by atoms with Crippen LogP contribution in [0.3, 0.4) is 0 Å². The number of carbonyl (C=O) groups excluding carboxylic acids is 1. The van der Waals surface area contributed by atoms with Gasteiger partial charge in [0.15, 0.2) is 0 Å². The van der Waals surface area contributed by atoms with Crippen molar-refractivity contribution in [2.75, 3.05) is 57.9 Å². The van der Waals surface area contributed by atoms with Crippen LogP contribution < -0.4 is 5.32 Å². The van der Waals surface area contributed by atoms with E-state index in [1.807, 2.05) is 31.2 Å². The van der Waals surface area contributed by atoms with Gasteiger partial charge in [-0.05, 0) is 24.6 Å². The summed E-state index contributed by atoms with van der Waals surface area (Å²) in [7, 11) is -2.32. The fourth-order valence-corrected chi connectivity index (χ4v) is 8.32. The van der Waals surface area contributed by atoms with Gasteiger partial charge in [-0.3, -0.25) is 9.34 Å². The van der Waals surface area contributed by atoms with Crippen molar-refractivity contribution in [3.63, 3.8) is 0 Å². The van der Waals surface area contributed by atoms with Gasteiger partial charge < -0.3 is 14.8 Å². The van der Waals surface area contributed by atoms with E-state index in [-0.39, 0.29) is 11.2 Å². The van der Waals surface area contributed by atoms with Crippen molar-refractivity contribution in [1.82, 2.24) is 9.34 Å². The number of hydrogen-bond acceptors (Lipinski definition) is 3. The van der Waals surface area contributed by atoms with Crippen LogP contribution in [0.15, 0.2) is 29.0 Å². The summed E-state index contributed by atoms with van der Waals surface area (Å²) in [6, 6.07) is 7.56. The first-order chi connectivity index (χ1) is 13.3. The van der Waals surface area contributed by atoms with Crippen molar-refractivity contribution in [3.05, 3.63) is 29.8 Å². The number of anilines is 1. The molecule has 2 saturated heterocycles. The second-order valence-electron chi connectivity index (χ2n) is 8.27. The average Bonchev–Trinajstić information content (AvgIpc) is 2.66. The Morgan fingerprint density at radius 1 is 1.04 bits per heavy atom. The van der Waals surface area contributed by atoms with Gasteiger partial charge in [-0.1, -0.05) is 32.9 Å². The molecule has 7 nitrogen and oxygen atoms in total. The second-order valence-corrected chi connectivity index (χ2v) is 12.1. The number of ether oxygens (including phenoxy) is 2. The molecule has 8 heteroatoms. The number of carbonyl (C=O) groups is 1. The van der Waals surface area contributed by atoms with Gasteiger partial charge in [0.05, 0.1) is 26.4 Å². The predicted molar refractivity (Wildman–Crippen MR) is 114 cm³/mol. The molecule has 0 radical (unpaired) electrons. The molecule has 2 aliphatic heterocycles. The first kappa shape index (κ1) is 21.5. The highest BCUT2D eigenvalue weighted by Crippen LogP contribution is 2.66. The number of aryl methyl sites for hydroxylation is 1. The lowest BCUT2D eigenvalue weighted by Gasteiger charge is -2.52. The summed E-state index contributed by atoms with van der Waals surface area (Å²) in [5.74, 6) is 0. The standard InChI is InChI=1S/C20H33N4O3P/c1-17-6-5-7-18(16-17)21-19(25)22-28(20(2,3)4,23-8-12-26-13-9-23)24-10-14-27-15-11-24/h5-7,16H,8-15H2,1-4H3,(H,21,25). The maximum atomic E-state index is 13.1. The van der Waals surface area contributed by atoms with Crippen molar-refractivity contribution in [1.29, 1.82) is 0 Å². The summed E-state index contributed by atoms with van der Waals surface area (Å²) in [5.41, 5.74) is 1.89. The lowest BCUT2D eigenvalue weighted by molar-refractivity contribution is 0.0550. The third kappa shape index (κ3) is 4.66. The zero-order chi connectivity index (χ0) is 20.2. The van der Waals surface area contributed by atoms with Crippen molar-refractivity contribution < 1.29 is 14.3 Å². The quantitative estimate of drug-likeness (QED) is 0.765. The molecule has 0 atom stereocenters. The van der Waals surface area contributed by atoms with Crippen LogP contribution in [0.1, 0.15) is 26.3 Å². The van der Waals surface area contributed by atoms with Gasteiger partial charge >= 0.3 is 6.03 Å². The summed E-state index contributed by atoms with van der Waals surface area (Å²) in [5, 5.41) is 2.82. The number of benzene rings is 1. The number of rotatable bonds is 3. The van der Waals surface area contributed by atoms with Crippen molar-refractivity contribution in [2.24, 2.45) is 4.74 Å². The molecule has 156 valence electrons. The fraction of sp³-hybridized carbons (Fsp3) is 0.650. The number of nitrogens with one attached hydrogen (secondary N) is 1. The largest absolute Gasteiger partial charge is 0.379 e. The summed E-state index contributed by atoms with van der Waals surface area (Å²) >= 11 is 0. The first-order valence-corrected chi connectivity index (χ1v) is 11.6. The second kappa shape index (κ2) is 9.06. The van der Waals surface area contributed by atoms with Crippen LogP contribution in [-0.2, 0) is 9.47 Å².